The van der Waals surface area contributed by atoms with Crippen molar-refractivity contribution >= 4 is 18.7 Å². The Balaban J connectivity index is 1.92. The second-order valence-corrected chi connectivity index (χ2v) is 14.1. The summed E-state index contributed by atoms with van der Waals surface area (Å²) in [4.78, 5) is 0. The molecule has 0 saturated carbocycles. The summed E-state index contributed by atoms with van der Waals surface area (Å²) < 4.78 is 13.5. The van der Waals surface area contributed by atoms with Crippen LogP contribution < -0.4 is 10.4 Å². The summed E-state index contributed by atoms with van der Waals surface area (Å²) in [5.74, 6) is 0. The minimum absolute atomic E-state index is 0.00585. The first-order valence-electron chi connectivity index (χ1n) is 10.7. The normalized spacial score (nSPS) is 20.6. The average molecular weight is 409 g/mol. The molecule has 1 aliphatic rings. The van der Waals surface area contributed by atoms with Gasteiger partial charge in [0, 0.05) is 5.41 Å². The van der Waals surface area contributed by atoms with Gasteiger partial charge < -0.3 is 9.16 Å². The number of hydrogen-bond acceptors (Lipinski definition) is 2. The fourth-order valence-corrected chi connectivity index (χ4v) is 9.08. The van der Waals surface area contributed by atoms with Gasteiger partial charge in [-0.25, -0.2) is 0 Å². The molecule has 1 heterocycles. The van der Waals surface area contributed by atoms with Crippen LogP contribution in [0, 0.1) is 5.41 Å². The van der Waals surface area contributed by atoms with Gasteiger partial charge in [0.1, 0.15) is 0 Å². The molecule has 0 bridgehead atoms. The maximum absolute atomic E-state index is 7.03. The van der Waals surface area contributed by atoms with E-state index in [1.165, 1.54) is 10.4 Å². The second-order valence-electron chi connectivity index (χ2n) is 9.82. The fourth-order valence-electron chi connectivity index (χ4n) is 4.49. The first-order valence-corrected chi connectivity index (χ1v) is 12.7. The highest BCUT2D eigenvalue weighted by Crippen LogP contribution is 2.39. The Hall–Kier alpha value is -1.68. The summed E-state index contributed by atoms with van der Waals surface area (Å²) in [6.45, 7) is 16.0. The smallest absolute Gasteiger partial charge is 0.261 e. The third-order valence-corrected chi connectivity index (χ3v) is 11.4. The van der Waals surface area contributed by atoms with Crippen LogP contribution >= 0.6 is 0 Å². The largest absolute Gasteiger partial charge is 0.405 e. The highest BCUT2D eigenvalue weighted by Gasteiger charge is 2.50. The van der Waals surface area contributed by atoms with Crippen molar-refractivity contribution in [2.24, 2.45) is 5.41 Å². The van der Waals surface area contributed by atoms with Gasteiger partial charge in [-0.05, 0) is 28.3 Å². The van der Waals surface area contributed by atoms with Crippen molar-refractivity contribution in [1.29, 1.82) is 0 Å². The fraction of sp³-hybridized carbons (Fsp3) is 0.462. The predicted octanol–water partition coefficient (Wildman–Crippen LogP) is 5.32. The molecular formula is C26H36O2Si. The molecule has 0 amide bonds. The quantitative estimate of drug-likeness (QED) is 0.456. The van der Waals surface area contributed by atoms with Crippen LogP contribution in [0.5, 0.6) is 0 Å². The molecule has 2 nitrogen and oxygen atoms in total. The average Bonchev–Trinajstić information content (AvgIpc) is 3.19. The van der Waals surface area contributed by atoms with E-state index in [9.17, 15) is 0 Å². The Morgan fingerprint density at radius 1 is 0.931 bits per heavy atom. The first kappa shape index (κ1) is 22.0. The summed E-state index contributed by atoms with van der Waals surface area (Å²) in [5, 5.41) is 2.63. The lowest BCUT2D eigenvalue weighted by Gasteiger charge is -2.43. The van der Waals surface area contributed by atoms with E-state index in [0.717, 1.165) is 12.8 Å². The molecule has 1 saturated heterocycles. The van der Waals surface area contributed by atoms with E-state index in [-0.39, 0.29) is 22.7 Å². The highest BCUT2D eigenvalue weighted by molar-refractivity contribution is 6.99. The van der Waals surface area contributed by atoms with E-state index in [2.05, 4.69) is 102 Å². The molecule has 3 heteroatoms. The minimum atomic E-state index is -2.49. The maximum atomic E-state index is 7.03. The van der Waals surface area contributed by atoms with Crippen molar-refractivity contribution < 1.29 is 9.16 Å². The zero-order valence-corrected chi connectivity index (χ0v) is 19.7. The molecule has 1 fully saturated rings. The van der Waals surface area contributed by atoms with Gasteiger partial charge in [-0.15, -0.1) is 6.58 Å². The topological polar surface area (TPSA) is 18.5 Å². The summed E-state index contributed by atoms with van der Waals surface area (Å²) in [5.41, 5.74) is -0.00778. The van der Waals surface area contributed by atoms with Gasteiger partial charge in [-0.2, -0.15) is 0 Å². The van der Waals surface area contributed by atoms with Gasteiger partial charge in [0.15, 0.2) is 0 Å². The maximum Gasteiger partial charge on any atom is 0.261 e. The number of hydrogen-bond donors (Lipinski definition) is 0. The molecule has 0 unspecified atom stereocenters. The van der Waals surface area contributed by atoms with E-state index < -0.39 is 8.32 Å². The molecule has 0 aromatic heterocycles. The van der Waals surface area contributed by atoms with Crippen molar-refractivity contribution in [3.63, 3.8) is 0 Å². The SMILES string of the molecule is C=CC(C)(C)[C@@H]1CC[C@@H](CO[Si](c2ccccc2)(c2ccccc2)C(C)(C)C)O1. The van der Waals surface area contributed by atoms with E-state index in [4.69, 9.17) is 9.16 Å². The summed E-state index contributed by atoms with van der Waals surface area (Å²) in [7, 11) is -2.49. The van der Waals surface area contributed by atoms with Crippen molar-refractivity contribution in [2.75, 3.05) is 6.61 Å². The molecule has 29 heavy (non-hydrogen) atoms. The Bertz CT molecular complexity index is 753. The minimum Gasteiger partial charge on any atom is -0.405 e. The second kappa shape index (κ2) is 8.59. The monoisotopic (exact) mass is 408 g/mol. The van der Waals surface area contributed by atoms with Crippen molar-refractivity contribution in [3.05, 3.63) is 73.3 Å². The van der Waals surface area contributed by atoms with Gasteiger partial charge in [0.25, 0.3) is 8.32 Å². The Labute approximate surface area is 178 Å². The van der Waals surface area contributed by atoms with Crippen LogP contribution in [0.3, 0.4) is 0 Å². The van der Waals surface area contributed by atoms with Crippen LogP contribution in [-0.2, 0) is 9.16 Å². The van der Waals surface area contributed by atoms with Crippen LogP contribution in [0.15, 0.2) is 73.3 Å². The molecule has 0 radical (unpaired) electrons. The van der Waals surface area contributed by atoms with Crippen molar-refractivity contribution in [1.82, 2.24) is 0 Å². The van der Waals surface area contributed by atoms with Crippen LogP contribution in [-0.4, -0.2) is 27.1 Å². The third-order valence-electron chi connectivity index (χ3n) is 6.37. The lowest BCUT2D eigenvalue weighted by molar-refractivity contribution is -0.0236. The number of benzene rings is 2. The molecule has 3 rings (SSSR count). The molecule has 156 valence electrons. The van der Waals surface area contributed by atoms with Gasteiger partial charge in [-0.1, -0.05) is 101 Å². The van der Waals surface area contributed by atoms with Crippen LogP contribution in [0.2, 0.25) is 5.04 Å². The molecule has 0 N–H and O–H groups in total. The van der Waals surface area contributed by atoms with Crippen LogP contribution in [0.25, 0.3) is 0 Å². The predicted molar refractivity (Wildman–Crippen MR) is 125 cm³/mol. The van der Waals surface area contributed by atoms with E-state index in [1.54, 1.807) is 0 Å². The summed E-state index contributed by atoms with van der Waals surface area (Å²) >= 11 is 0. The summed E-state index contributed by atoms with van der Waals surface area (Å²) in [6.07, 6.45) is 4.48. The van der Waals surface area contributed by atoms with Crippen LogP contribution in [0.4, 0.5) is 0 Å². The molecule has 2 atom stereocenters. The third kappa shape index (κ3) is 4.42. The zero-order valence-electron chi connectivity index (χ0n) is 18.7. The first-order chi connectivity index (χ1) is 13.7. The van der Waals surface area contributed by atoms with Crippen molar-refractivity contribution in [3.8, 4) is 0 Å². The summed E-state index contributed by atoms with van der Waals surface area (Å²) in [6, 6.07) is 21.6. The molecule has 0 aliphatic carbocycles. The lowest BCUT2D eigenvalue weighted by atomic mass is 9.85. The Morgan fingerprint density at radius 3 is 1.90 bits per heavy atom. The lowest BCUT2D eigenvalue weighted by Crippen LogP contribution is -2.67. The van der Waals surface area contributed by atoms with E-state index in [0.29, 0.717) is 6.61 Å². The van der Waals surface area contributed by atoms with Gasteiger partial charge in [-0.3, -0.25) is 0 Å². The molecular weight excluding hydrogens is 372 g/mol. The number of ether oxygens (including phenoxy) is 1. The standard InChI is InChI=1S/C26H36O2Si/c1-7-26(5,6)24-19-18-21(28-24)20-27-29(25(2,3)4,22-14-10-8-11-15-22)23-16-12-9-13-17-23/h7-17,21,24H,1,18-20H2,2-6H3/t21-,24-/m0/s1. The van der Waals surface area contributed by atoms with Gasteiger partial charge in [0.2, 0.25) is 0 Å². The highest BCUT2D eigenvalue weighted by atomic mass is 28.4. The van der Waals surface area contributed by atoms with E-state index >= 15 is 0 Å². The molecule has 2 aromatic carbocycles. The Morgan fingerprint density at radius 2 is 1.45 bits per heavy atom. The molecule has 1 aliphatic heterocycles. The van der Waals surface area contributed by atoms with Gasteiger partial charge >= 0.3 is 0 Å². The van der Waals surface area contributed by atoms with E-state index in [1.807, 2.05) is 6.08 Å². The van der Waals surface area contributed by atoms with Crippen LogP contribution in [0.1, 0.15) is 47.5 Å². The Kier molecular flexibility index (Phi) is 6.52. The molecule has 2 aromatic rings. The van der Waals surface area contributed by atoms with Gasteiger partial charge in [0.05, 0.1) is 18.8 Å². The number of rotatable bonds is 7. The zero-order chi connectivity index (χ0) is 21.1. The van der Waals surface area contributed by atoms with Crippen molar-refractivity contribution in [2.45, 2.75) is 64.7 Å². The molecule has 0 spiro atoms.